The summed E-state index contributed by atoms with van der Waals surface area (Å²) >= 11 is 0. The first-order valence-electron chi connectivity index (χ1n) is 12.4. The number of esters is 1. The van der Waals surface area contributed by atoms with Gasteiger partial charge in [0.1, 0.15) is 6.10 Å². The van der Waals surface area contributed by atoms with Gasteiger partial charge < -0.3 is 19.5 Å². The van der Waals surface area contributed by atoms with E-state index in [0.717, 1.165) is 51.6 Å². The van der Waals surface area contributed by atoms with Gasteiger partial charge in [0.25, 0.3) is 0 Å². The van der Waals surface area contributed by atoms with Gasteiger partial charge in [-0.15, -0.1) is 0 Å². The minimum Gasteiger partial charge on any atom is -0.459 e. The molecule has 3 aliphatic rings. The lowest BCUT2D eigenvalue weighted by Gasteiger charge is -2.38. The topological polar surface area (TPSA) is 77.2 Å². The highest BCUT2D eigenvalue weighted by atomic mass is 16.6. The summed E-state index contributed by atoms with van der Waals surface area (Å²) in [7, 11) is 0. The molecular weight excluding hydrogens is 418 g/mol. The molecule has 1 N–H and O–H groups in total. The summed E-state index contributed by atoms with van der Waals surface area (Å²) in [5.41, 5.74) is 1.19. The molecule has 2 heterocycles. The first kappa shape index (κ1) is 25.7. The number of hydrogen-bond donors (Lipinski definition) is 1. The normalized spacial score (nSPS) is 32.8. The third-order valence-corrected chi connectivity index (χ3v) is 6.75. The maximum absolute atomic E-state index is 12.1. The maximum Gasteiger partial charge on any atom is 0.303 e. The van der Waals surface area contributed by atoms with E-state index in [-0.39, 0.29) is 35.2 Å². The fraction of sp³-hybridized carbons (Fsp3) is 0.704. The fourth-order valence-electron chi connectivity index (χ4n) is 5.13. The summed E-state index contributed by atoms with van der Waals surface area (Å²) in [6, 6.07) is 0.219. The Labute approximate surface area is 198 Å². The minimum atomic E-state index is -0.396. The van der Waals surface area contributed by atoms with Crippen LogP contribution in [0.1, 0.15) is 79.6 Å². The van der Waals surface area contributed by atoms with Crippen molar-refractivity contribution in [1.29, 1.82) is 0 Å². The van der Waals surface area contributed by atoms with E-state index >= 15 is 0 Å². The van der Waals surface area contributed by atoms with Crippen LogP contribution in [0.15, 0.2) is 36.0 Å². The van der Waals surface area contributed by atoms with Crippen LogP contribution in [0.3, 0.4) is 0 Å². The van der Waals surface area contributed by atoms with E-state index in [2.05, 4.69) is 44.3 Å². The molecule has 1 aliphatic carbocycles. The molecule has 0 aromatic rings. The Bertz CT molecular complexity index is 778. The van der Waals surface area contributed by atoms with Gasteiger partial charge in [0, 0.05) is 31.9 Å². The highest BCUT2D eigenvalue weighted by Crippen LogP contribution is 2.46. The molecule has 184 valence electrons. The lowest BCUT2D eigenvalue weighted by atomic mass is 9.83. The second-order valence-electron chi connectivity index (χ2n) is 10.7. The molecule has 33 heavy (non-hydrogen) atoms. The van der Waals surface area contributed by atoms with Gasteiger partial charge in [-0.25, -0.2) is 0 Å². The van der Waals surface area contributed by atoms with Crippen LogP contribution in [-0.2, 0) is 23.8 Å². The Morgan fingerprint density at radius 1 is 1.15 bits per heavy atom. The van der Waals surface area contributed by atoms with Crippen molar-refractivity contribution in [3.8, 4) is 0 Å². The molecule has 0 bridgehead atoms. The number of nitrogens with one attached hydrogen (secondary N) is 1. The van der Waals surface area contributed by atoms with Crippen LogP contribution >= 0.6 is 0 Å². The van der Waals surface area contributed by atoms with Gasteiger partial charge in [0.15, 0.2) is 0 Å². The smallest absolute Gasteiger partial charge is 0.303 e. The van der Waals surface area contributed by atoms with Crippen molar-refractivity contribution in [3.05, 3.63) is 36.0 Å². The van der Waals surface area contributed by atoms with Gasteiger partial charge in [-0.2, -0.15) is 0 Å². The Morgan fingerprint density at radius 2 is 1.85 bits per heavy atom. The van der Waals surface area contributed by atoms with Crippen molar-refractivity contribution in [2.75, 3.05) is 6.61 Å². The number of hydrogen-bond acceptors (Lipinski definition) is 5. The predicted molar refractivity (Wildman–Crippen MR) is 129 cm³/mol. The molecule has 3 atom stereocenters. The second-order valence-corrected chi connectivity index (χ2v) is 10.7. The quantitative estimate of drug-likeness (QED) is 0.244. The Morgan fingerprint density at radius 3 is 2.48 bits per heavy atom. The van der Waals surface area contributed by atoms with Gasteiger partial charge in [0.05, 0.1) is 23.9 Å². The number of rotatable bonds is 8. The summed E-state index contributed by atoms with van der Waals surface area (Å²) < 4.78 is 17.0. The first-order valence-corrected chi connectivity index (χ1v) is 12.4. The molecule has 2 aliphatic heterocycles. The molecule has 0 radical (unpaired) electrons. The summed E-state index contributed by atoms with van der Waals surface area (Å²) in [5, 5.41) is 3.07. The van der Waals surface area contributed by atoms with Crippen molar-refractivity contribution < 1.29 is 23.8 Å². The summed E-state index contributed by atoms with van der Waals surface area (Å²) in [5.74, 6) is 0.192. The molecule has 6 nitrogen and oxygen atoms in total. The summed E-state index contributed by atoms with van der Waals surface area (Å²) in [6.45, 7) is 10.4. The van der Waals surface area contributed by atoms with Crippen LogP contribution in [0, 0.1) is 5.92 Å². The van der Waals surface area contributed by atoms with Gasteiger partial charge in [-0.05, 0) is 71.8 Å². The summed E-state index contributed by atoms with van der Waals surface area (Å²) in [6.07, 6.45) is 16.7. The molecule has 0 unspecified atom stereocenters. The lowest BCUT2D eigenvalue weighted by Crippen LogP contribution is -2.43. The number of carbonyl (C=O) groups is 2. The lowest BCUT2D eigenvalue weighted by molar-refractivity contribution is -0.143. The number of amides is 1. The minimum absolute atomic E-state index is 0.0544. The standard InChI is InChI=1S/C27H41NO5/c1-19(7-14-24-16-27(18-31-27)17-26(4,5)33-24)6-9-22-10-12-23(13-11-22)28-25(30)15-8-20(2)32-21(3)29/h6-8,14-15,20,22-24H,9-13,16-18H2,1-5H3,(H,28,30)/b14-7+,15-8-,19-6+/t20-,22-,23-,24+,27+/m0/s1. The van der Waals surface area contributed by atoms with E-state index in [1.165, 1.54) is 18.6 Å². The van der Waals surface area contributed by atoms with E-state index < -0.39 is 6.10 Å². The van der Waals surface area contributed by atoms with Crippen LogP contribution in [-0.4, -0.2) is 47.9 Å². The second kappa shape index (κ2) is 11.0. The maximum atomic E-state index is 12.1. The Kier molecular flexibility index (Phi) is 8.57. The van der Waals surface area contributed by atoms with E-state index in [1.54, 1.807) is 13.0 Å². The van der Waals surface area contributed by atoms with Crippen LogP contribution in [0.25, 0.3) is 0 Å². The van der Waals surface area contributed by atoms with Crippen molar-refractivity contribution in [3.63, 3.8) is 0 Å². The van der Waals surface area contributed by atoms with E-state index in [4.69, 9.17) is 14.2 Å². The molecule has 1 amide bonds. The van der Waals surface area contributed by atoms with Crippen molar-refractivity contribution in [2.24, 2.45) is 5.92 Å². The average Bonchev–Trinajstić information content (AvgIpc) is 3.46. The molecule has 3 rings (SSSR count). The zero-order chi connectivity index (χ0) is 24.1. The molecule has 1 saturated carbocycles. The monoisotopic (exact) mass is 459 g/mol. The summed E-state index contributed by atoms with van der Waals surface area (Å²) in [4.78, 5) is 23.0. The highest BCUT2D eigenvalue weighted by molar-refractivity contribution is 5.87. The number of allylic oxidation sites excluding steroid dienone is 3. The van der Waals surface area contributed by atoms with Crippen LogP contribution in [0.2, 0.25) is 0 Å². The third kappa shape index (κ3) is 8.74. The zero-order valence-electron chi connectivity index (χ0n) is 20.9. The largest absolute Gasteiger partial charge is 0.459 e. The molecule has 2 saturated heterocycles. The number of epoxide rings is 1. The first-order chi connectivity index (χ1) is 15.5. The molecule has 1 spiro atoms. The van der Waals surface area contributed by atoms with Crippen molar-refractivity contribution in [1.82, 2.24) is 5.32 Å². The Balaban J connectivity index is 1.36. The zero-order valence-corrected chi connectivity index (χ0v) is 20.9. The molecule has 0 aromatic heterocycles. The van der Waals surface area contributed by atoms with Gasteiger partial charge in [-0.3, -0.25) is 9.59 Å². The molecule has 0 aromatic carbocycles. The third-order valence-electron chi connectivity index (χ3n) is 6.75. The number of ether oxygens (including phenoxy) is 3. The van der Waals surface area contributed by atoms with Crippen LogP contribution in [0.4, 0.5) is 0 Å². The van der Waals surface area contributed by atoms with Crippen molar-refractivity contribution in [2.45, 2.75) is 109 Å². The van der Waals surface area contributed by atoms with E-state index in [1.807, 2.05) is 0 Å². The molecular formula is C27H41NO5. The Hall–Kier alpha value is -1.92. The molecule has 6 heteroatoms. The average molecular weight is 460 g/mol. The van der Waals surface area contributed by atoms with Gasteiger partial charge >= 0.3 is 5.97 Å². The van der Waals surface area contributed by atoms with E-state index in [0.29, 0.717) is 5.92 Å². The fourth-order valence-corrected chi connectivity index (χ4v) is 5.13. The molecule has 3 fully saturated rings. The van der Waals surface area contributed by atoms with Crippen molar-refractivity contribution >= 4 is 11.9 Å². The number of carbonyl (C=O) groups excluding carboxylic acids is 2. The van der Waals surface area contributed by atoms with Gasteiger partial charge in [-0.1, -0.05) is 23.8 Å². The van der Waals surface area contributed by atoms with Crippen LogP contribution < -0.4 is 5.32 Å². The SMILES string of the molecule is CC(=O)O[C@@H](C)/C=C\C(=O)N[C@H]1CC[C@H](C/C=C(C)/C=C/[C@@H]2C[C@]3(CO3)CC(C)(C)O2)CC1. The van der Waals surface area contributed by atoms with Gasteiger partial charge in [0.2, 0.25) is 5.91 Å². The predicted octanol–water partition coefficient (Wildman–Crippen LogP) is 4.79. The highest BCUT2D eigenvalue weighted by Gasteiger charge is 2.53. The van der Waals surface area contributed by atoms with E-state index in [9.17, 15) is 9.59 Å². The van der Waals surface area contributed by atoms with Crippen LogP contribution in [0.5, 0.6) is 0 Å².